The molecule has 0 N–H and O–H groups in total. The molecule has 102 valence electrons. The molecule has 0 spiro atoms. The van der Waals surface area contributed by atoms with Crippen molar-refractivity contribution in [3.05, 3.63) is 23.8 Å². The van der Waals surface area contributed by atoms with Gasteiger partial charge in [-0.05, 0) is 43.9 Å². The van der Waals surface area contributed by atoms with Crippen LogP contribution in [0.2, 0.25) is 0 Å². The summed E-state index contributed by atoms with van der Waals surface area (Å²) < 4.78 is 16.6. The van der Waals surface area contributed by atoms with E-state index in [1.54, 1.807) is 18.2 Å². The lowest BCUT2D eigenvalue weighted by Crippen LogP contribution is -2.27. The summed E-state index contributed by atoms with van der Waals surface area (Å²) in [4.78, 5) is 12.5. The molecule has 3 rings (SSSR count). The molecule has 0 saturated heterocycles. The van der Waals surface area contributed by atoms with E-state index < -0.39 is 0 Å². The molecular formula is C15H18O4. The fourth-order valence-corrected chi connectivity index (χ4v) is 2.37. The minimum absolute atomic E-state index is 0.0568. The van der Waals surface area contributed by atoms with Gasteiger partial charge in [0.2, 0.25) is 0 Å². The van der Waals surface area contributed by atoms with Crippen LogP contribution in [-0.4, -0.2) is 31.7 Å². The molecule has 0 radical (unpaired) electrons. The molecule has 0 amide bonds. The Morgan fingerprint density at radius 2 is 2.05 bits per heavy atom. The summed E-state index contributed by atoms with van der Waals surface area (Å²) in [5.74, 6) is 1.81. The highest BCUT2D eigenvalue weighted by Crippen LogP contribution is 2.37. The van der Waals surface area contributed by atoms with Crippen molar-refractivity contribution in [2.45, 2.75) is 25.9 Å². The lowest BCUT2D eigenvalue weighted by molar-refractivity contribution is 0.0374. The average molecular weight is 262 g/mol. The number of ether oxygens (including phenoxy) is 3. The molecular weight excluding hydrogens is 244 g/mol. The number of carbonyl (C=O) groups is 1. The molecule has 19 heavy (non-hydrogen) atoms. The van der Waals surface area contributed by atoms with Gasteiger partial charge < -0.3 is 14.2 Å². The number of hydrogen-bond donors (Lipinski definition) is 0. The number of hydrogen-bond acceptors (Lipinski definition) is 4. The fraction of sp³-hybridized carbons (Fsp3) is 0.533. The van der Waals surface area contributed by atoms with Crippen LogP contribution in [0, 0.1) is 5.92 Å². The molecule has 2 aliphatic rings. The predicted octanol–water partition coefficient (Wildman–Crippen LogP) is 2.46. The van der Waals surface area contributed by atoms with Crippen LogP contribution >= 0.6 is 0 Å². The summed E-state index contributed by atoms with van der Waals surface area (Å²) in [5.41, 5.74) is 0.648. The smallest absolute Gasteiger partial charge is 0.191 e. The molecule has 0 bridgehead atoms. The summed E-state index contributed by atoms with van der Waals surface area (Å²) in [6, 6.07) is 5.37. The number of rotatable bonds is 5. The Morgan fingerprint density at radius 3 is 2.74 bits per heavy atom. The van der Waals surface area contributed by atoms with Crippen LogP contribution in [0.4, 0.5) is 0 Å². The van der Waals surface area contributed by atoms with E-state index in [2.05, 4.69) is 0 Å². The van der Waals surface area contributed by atoms with Crippen molar-refractivity contribution in [2.24, 2.45) is 5.92 Å². The lowest BCUT2D eigenvalue weighted by atomic mass is 10.0. The highest BCUT2D eigenvalue weighted by molar-refractivity contribution is 6.00. The maximum atomic E-state index is 12.5. The largest absolute Gasteiger partial charge is 0.486 e. The van der Waals surface area contributed by atoms with Crippen LogP contribution < -0.4 is 9.47 Å². The van der Waals surface area contributed by atoms with Gasteiger partial charge in [-0.15, -0.1) is 0 Å². The minimum atomic E-state index is -0.299. The van der Waals surface area contributed by atoms with Crippen LogP contribution in [0.1, 0.15) is 30.1 Å². The zero-order valence-corrected chi connectivity index (χ0v) is 11.1. The molecule has 1 saturated carbocycles. The lowest BCUT2D eigenvalue weighted by Gasteiger charge is -2.20. The van der Waals surface area contributed by atoms with Crippen molar-refractivity contribution in [3.63, 3.8) is 0 Å². The third kappa shape index (κ3) is 2.59. The van der Waals surface area contributed by atoms with Crippen molar-refractivity contribution in [1.82, 2.24) is 0 Å². The molecule has 4 nitrogen and oxygen atoms in total. The first-order chi connectivity index (χ1) is 9.29. The average Bonchev–Trinajstić information content (AvgIpc) is 3.28. The zero-order valence-electron chi connectivity index (χ0n) is 11.1. The minimum Gasteiger partial charge on any atom is -0.486 e. The van der Waals surface area contributed by atoms with E-state index in [9.17, 15) is 4.79 Å². The van der Waals surface area contributed by atoms with Crippen LogP contribution in [0.25, 0.3) is 0 Å². The van der Waals surface area contributed by atoms with Crippen molar-refractivity contribution in [1.29, 1.82) is 0 Å². The quantitative estimate of drug-likeness (QED) is 0.765. The highest BCUT2D eigenvalue weighted by Gasteiger charge is 2.37. The SMILES string of the molecule is CCOC(C(=O)c1ccc2c(c1)OCCO2)C1CC1. The molecule has 1 aromatic carbocycles. The van der Waals surface area contributed by atoms with Gasteiger partial charge in [0.05, 0.1) is 0 Å². The molecule has 1 aliphatic carbocycles. The first-order valence-corrected chi connectivity index (χ1v) is 6.85. The van der Waals surface area contributed by atoms with Gasteiger partial charge in [-0.3, -0.25) is 4.79 Å². The van der Waals surface area contributed by atoms with E-state index in [4.69, 9.17) is 14.2 Å². The topological polar surface area (TPSA) is 44.8 Å². The van der Waals surface area contributed by atoms with E-state index in [0.29, 0.717) is 42.8 Å². The standard InChI is InChI=1S/C15H18O4/c1-2-17-15(10-3-4-10)14(16)11-5-6-12-13(9-11)19-8-7-18-12/h5-6,9-10,15H,2-4,7-8H2,1H3. The maximum absolute atomic E-state index is 12.5. The molecule has 1 fully saturated rings. The van der Waals surface area contributed by atoms with E-state index in [-0.39, 0.29) is 11.9 Å². The summed E-state index contributed by atoms with van der Waals surface area (Å²) in [5, 5.41) is 0. The normalized spacial score (nSPS) is 19.0. The Morgan fingerprint density at radius 1 is 1.32 bits per heavy atom. The Hall–Kier alpha value is -1.55. The van der Waals surface area contributed by atoms with E-state index in [0.717, 1.165) is 12.8 Å². The van der Waals surface area contributed by atoms with Gasteiger partial charge in [-0.25, -0.2) is 0 Å². The predicted molar refractivity (Wildman–Crippen MR) is 69.9 cm³/mol. The summed E-state index contributed by atoms with van der Waals surface area (Å²) in [7, 11) is 0. The van der Waals surface area contributed by atoms with Crippen molar-refractivity contribution in [2.75, 3.05) is 19.8 Å². The van der Waals surface area contributed by atoms with Crippen molar-refractivity contribution < 1.29 is 19.0 Å². The summed E-state index contributed by atoms with van der Waals surface area (Å²) in [6.07, 6.45) is 1.87. The highest BCUT2D eigenvalue weighted by atomic mass is 16.6. The molecule has 0 aromatic heterocycles. The fourth-order valence-electron chi connectivity index (χ4n) is 2.37. The Kier molecular flexibility index (Phi) is 3.42. The summed E-state index contributed by atoms with van der Waals surface area (Å²) in [6.45, 7) is 3.58. The first-order valence-electron chi connectivity index (χ1n) is 6.85. The molecule has 1 atom stereocenters. The van der Waals surface area contributed by atoms with Crippen LogP contribution in [0.3, 0.4) is 0 Å². The van der Waals surface area contributed by atoms with Crippen molar-refractivity contribution >= 4 is 5.78 Å². The van der Waals surface area contributed by atoms with Crippen LogP contribution in [0.5, 0.6) is 11.5 Å². The number of fused-ring (bicyclic) bond motifs is 1. The van der Waals surface area contributed by atoms with Gasteiger partial charge >= 0.3 is 0 Å². The van der Waals surface area contributed by atoms with Gasteiger partial charge in [-0.2, -0.15) is 0 Å². The maximum Gasteiger partial charge on any atom is 0.191 e. The second-order valence-corrected chi connectivity index (χ2v) is 4.94. The van der Waals surface area contributed by atoms with Gasteiger partial charge in [0.15, 0.2) is 17.3 Å². The van der Waals surface area contributed by atoms with Gasteiger partial charge in [0.25, 0.3) is 0 Å². The second kappa shape index (κ2) is 5.21. The second-order valence-electron chi connectivity index (χ2n) is 4.94. The summed E-state index contributed by atoms with van der Waals surface area (Å²) >= 11 is 0. The van der Waals surface area contributed by atoms with Gasteiger partial charge in [-0.1, -0.05) is 0 Å². The Bertz CT molecular complexity index is 479. The molecule has 1 aliphatic heterocycles. The van der Waals surface area contributed by atoms with Crippen LogP contribution in [0.15, 0.2) is 18.2 Å². The van der Waals surface area contributed by atoms with Crippen molar-refractivity contribution in [3.8, 4) is 11.5 Å². The van der Waals surface area contributed by atoms with E-state index in [1.807, 2.05) is 6.92 Å². The van der Waals surface area contributed by atoms with Gasteiger partial charge in [0.1, 0.15) is 19.3 Å². The van der Waals surface area contributed by atoms with Crippen LogP contribution in [-0.2, 0) is 4.74 Å². The number of carbonyl (C=O) groups excluding carboxylic acids is 1. The van der Waals surface area contributed by atoms with Gasteiger partial charge in [0, 0.05) is 12.2 Å². The third-order valence-corrected chi connectivity index (χ3v) is 3.48. The number of ketones is 1. The number of benzene rings is 1. The molecule has 1 aromatic rings. The van der Waals surface area contributed by atoms with E-state index in [1.165, 1.54) is 0 Å². The molecule has 1 unspecified atom stereocenters. The first kappa shape index (κ1) is 12.5. The van der Waals surface area contributed by atoms with E-state index >= 15 is 0 Å². The molecule has 1 heterocycles. The Labute approximate surface area is 112 Å². The monoisotopic (exact) mass is 262 g/mol. The Balaban J connectivity index is 1.82. The zero-order chi connectivity index (χ0) is 13.2. The molecule has 4 heteroatoms. The number of Topliss-reactive ketones (excluding diaryl/α,β-unsaturated/α-hetero) is 1. The third-order valence-electron chi connectivity index (χ3n) is 3.48.